The van der Waals surface area contributed by atoms with Crippen LogP contribution in [0.25, 0.3) is 0 Å². The van der Waals surface area contributed by atoms with Crippen molar-refractivity contribution in [2.24, 2.45) is 56.7 Å². The monoisotopic (exact) mass is 426 g/mol. The minimum Gasteiger partial charge on any atom is -0.393 e. The van der Waals surface area contributed by atoms with E-state index in [-0.39, 0.29) is 11.5 Å². The zero-order valence-corrected chi connectivity index (χ0v) is 21.7. The summed E-state index contributed by atoms with van der Waals surface area (Å²) in [5.74, 6) is 3.88. The third-order valence-corrected chi connectivity index (χ3v) is 13.6. The molecule has 5 aliphatic rings. The molecule has 0 radical (unpaired) electrons. The van der Waals surface area contributed by atoms with E-state index in [1.807, 2.05) is 0 Å². The van der Waals surface area contributed by atoms with E-state index in [0.29, 0.717) is 33.5 Å². The van der Waals surface area contributed by atoms with Crippen molar-refractivity contribution in [3.05, 3.63) is 12.2 Å². The lowest BCUT2D eigenvalue weighted by atomic mass is 9.31. The first-order chi connectivity index (χ1) is 14.3. The van der Waals surface area contributed by atoms with Crippen molar-refractivity contribution in [3.63, 3.8) is 0 Å². The lowest BCUT2D eigenvalue weighted by molar-refractivity contribution is -0.251. The third-order valence-electron chi connectivity index (χ3n) is 13.6. The molecule has 176 valence electrons. The maximum absolute atomic E-state index is 10.9. The standard InChI is InChI=1S/C30H50O/c1-19-11-14-27(5)17-18-29(7)21(25(27)20(19)2)9-10-23-28(6)15-13-24(31)26(3,4)22(28)12-16-30(23,29)8/h20-25,31H,1,9-18H2,2-8H3/t20-,21+,22+,23-,24-,25-,27+,28+,29-,30-/m1/s1. The van der Waals surface area contributed by atoms with Gasteiger partial charge in [-0.25, -0.2) is 0 Å². The zero-order valence-electron chi connectivity index (χ0n) is 21.7. The summed E-state index contributed by atoms with van der Waals surface area (Å²) in [4.78, 5) is 0. The van der Waals surface area contributed by atoms with Crippen molar-refractivity contribution >= 4 is 0 Å². The molecule has 5 aliphatic carbocycles. The summed E-state index contributed by atoms with van der Waals surface area (Å²) in [5, 5.41) is 10.9. The van der Waals surface area contributed by atoms with Crippen LogP contribution in [0, 0.1) is 56.7 Å². The first-order valence-corrected chi connectivity index (χ1v) is 13.7. The number of hydrogen-bond acceptors (Lipinski definition) is 1. The summed E-state index contributed by atoms with van der Waals surface area (Å²) in [5.41, 5.74) is 3.43. The molecule has 0 aromatic carbocycles. The Hall–Kier alpha value is -0.300. The predicted molar refractivity (Wildman–Crippen MR) is 131 cm³/mol. The van der Waals surface area contributed by atoms with Gasteiger partial charge in [0.15, 0.2) is 0 Å². The highest BCUT2D eigenvalue weighted by Crippen LogP contribution is 2.76. The van der Waals surface area contributed by atoms with E-state index in [4.69, 9.17) is 0 Å². The van der Waals surface area contributed by atoms with Gasteiger partial charge in [-0.15, -0.1) is 0 Å². The number of hydrogen-bond donors (Lipinski definition) is 1. The topological polar surface area (TPSA) is 20.2 Å². The van der Waals surface area contributed by atoms with Gasteiger partial charge >= 0.3 is 0 Å². The summed E-state index contributed by atoms with van der Waals surface area (Å²) in [6.07, 6.45) is 13.2. The molecule has 1 heteroatoms. The lowest BCUT2D eigenvalue weighted by Crippen LogP contribution is -2.67. The molecule has 5 fully saturated rings. The van der Waals surface area contributed by atoms with E-state index in [1.54, 1.807) is 0 Å². The van der Waals surface area contributed by atoms with E-state index in [1.165, 1.54) is 63.4 Å². The molecule has 5 saturated carbocycles. The molecule has 1 N–H and O–H groups in total. The second-order valence-electron chi connectivity index (χ2n) is 14.7. The first kappa shape index (κ1) is 22.5. The number of allylic oxidation sites excluding steroid dienone is 1. The molecule has 0 unspecified atom stereocenters. The summed E-state index contributed by atoms with van der Waals surface area (Å²) < 4.78 is 0. The summed E-state index contributed by atoms with van der Waals surface area (Å²) in [6, 6.07) is 0. The van der Waals surface area contributed by atoms with Crippen LogP contribution < -0.4 is 0 Å². The SMILES string of the molecule is C=C1CC[C@@]2(C)CC[C@]3(C)[C@@H](CC[C@@H]4[C@@]5(C)CC[C@@H](O)C(C)(C)[C@@H]5CC[C@]43C)[C@H]2[C@@H]1C. The molecule has 0 amide bonds. The van der Waals surface area contributed by atoms with Gasteiger partial charge in [-0.1, -0.05) is 60.6 Å². The number of fused-ring (bicyclic) bond motifs is 7. The van der Waals surface area contributed by atoms with Gasteiger partial charge in [-0.2, -0.15) is 0 Å². The first-order valence-electron chi connectivity index (χ1n) is 13.7. The second-order valence-corrected chi connectivity index (χ2v) is 14.7. The van der Waals surface area contributed by atoms with Crippen LogP contribution in [0.3, 0.4) is 0 Å². The van der Waals surface area contributed by atoms with Crippen molar-refractivity contribution in [2.75, 3.05) is 0 Å². The van der Waals surface area contributed by atoms with Gasteiger partial charge < -0.3 is 5.11 Å². The van der Waals surface area contributed by atoms with Gasteiger partial charge in [0.25, 0.3) is 0 Å². The Morgan fingerprint density at radius 2 is 1.48 bits per heavy atom. The molecule has 1 nitrogen and oxygen atoms in total. The number of rotatable bonds is 0. The molecular formula is C30H50O. The maximum atomic E-state index is 10.9. The summed E-state index contributed by atoms with van der Waals surface area (Å²) in [7, 11) is 0. The van der Waals surface area contributed by atoms with Gasteiger partial charge in [0.05, 0.1) is 6.10 Å². The van der Waals surface area contributed by atoms with Crippen molar-refractivity contribution in [1.82, 2.24) is 0 Å². The highest BCUT2D eigenvalue weighted by atomic mass is 16.3. The average Bonchev–Trinajstić information content (AvgIpc) is 2.69. The van der Waals surface area contributed by atoms with Crippen LogP contribution in [0.5, 0.6) is 0 Å². The normalized spacial score (nSPS) is 58.5. The smallest absolute Gasteiger partial charge is 0.0594 e. The Morgan fingerprint density at radius 3 is 2.19 bits per heavy atom. The summed E-state index contributed by atoms with van der Waals surface area (Å²) in [6.45, 7) is 22.6. The molecule has 31 heavy (non-hydrogen) atoms. The van der Waals surface area contributed by atoms with Crippen LogP contribution in [0.2, 0.25) is 0 Å². The third kappa shape index (κ3) is 2.65. The molecule has 0 saturated heterocycles. The molecule has 0 aromatic rings. The fourth-order valence-electron chi connectivity index (χ4n) is 11.4. The van der Waals surface area contributed by atoms with Crippen LogP contribution in [-0.2, 0) is 0 Å². The van der Waals surface area contributed by atoms with Crippen molar-refractivity contribution < 1.29 is 5.11 Å². The Balaban J connectivity index is 1.54. The molecule has 0 aliphatic heterocycles. The molecule has 5 rings (SSSR count). The quantitative estimate of drug-likeness (QED) is 0.389. The molecule has 0 heterocycles. The molecule has 0 aromatic heterocycles. The van der Waals surface area contributed by atoms with Crippen LogP contribution in [0.1, 0.15) is 113 Å². The zero-order chi connectivity index (χ0) is 22.6. The van der Waals surface area contributed by atoms with Crippen LogP contribution >= 0.6 is 0 Å². The van der Waals surface area contributed by atoms with Crippen LogP contribution in [0.4, 0.5) is 0 Å². The van der Waals surface area contributed by atoms with Crippen LogP contribution in [-0.4, -0.2) is 11.2 Å². The summed E-state index contributed by atoms with van der Waals surface area (Å²) >= 11 is 0. The lowest BCUT2D eigenvalue weighted by Gasteiger charge is -2.73. The largest absolute Gasteiger partial charge is 0.393 e. The van der Waals surface area contributed by atoms with E-state index in [9.17, 15) is 5.11 Å². The number of aliphatic hydroxyl groups excluding tert-OH is 1. The minimum atomic E-state index is -0.119. The second kappa shape index (κ2) is 6.64. The molecule has 0 bridgehead atoms. The molecular weight excluding hydrogens is 376 g/mol. The fraction of sp³-hybridized carbons (Fsp3) is 0.933. The Bertz CT molecular complexity index is 766. The maximum Gasteiger partial charge on any atom is 0.0594 e. The van der Waals surface area contributed by atoms with Crippen LogP contribution in [0.15, 0.2) is 12.2 Å². The van der Waals surface area contributed by atoms with E-state index in [0.717, 1.165) is 24.2 Å². The van der Waals surface area contributed by atoms with E-state index >= 15 is 0 Å². The molecule has 0 spiro atoms. The predicted octanol–water partition coefficient (Wildman–Crippen LogP) is 8.02. The van der Waals surface area contributed by atoms with Gasteiger partial charge in [0.2, 0.25) is 0 Å². The van der Waals surface area contributed by atoms with Gasteiger partial charge in [0.1, 0.15) is 0 Å². The van der Waals surface area contributed by atoms with E-state index < -0.39 is 0 Å². The Labute approximate surface area is 192 Å². The van der Waals surface area contributed by atoms with E-state index in [2.05, 4.69) is 55.0 Å². The highest BCUT2D eigenvalue weighted by molar-refractivity contribution is 5.21. The van der Waals surface area contributed by atoms with Gasteiger partial charge in [-0.05, 0) is 121 Å². The molecule has 10 atom stereocenters. The highest BCUT2D eigenvalue weighted by Gasteiger charge is 2.69. The minimum absolute atomic E-state index is 0.0623. The van der Waals surface area contributed by atoms with Crippen molar-refractivity contribution in [2.45, 2.75) is 119 Å². The average molecular weight is 427 g/mol. The fourth-order valence-corrected chi connectivity index (χ4v) is 11.4. The van der Waals surface area contributed by atoms with Gasteiger partial charge in [-0.3, -0.25) is 0 Å². The number of aliphatic hydroxyl groups is 1. The Kier molecular flexibility index (Phi) is 4.82. The van der Waals surface area contributed by atoms with Crippen molar-refractivity contribution in [3.8, 4) is 0 Å². The Morgan fingerprint density at radius 1 is 0.774 bits per heavy atom. The van der Waals surface area contributed by atoms with Crippen molar-refractivity contribution in [1.29, 1.82) is 0 Å². The van der Waals surface area contributed by atoms with Gasteiger partial charge in [0, 0.05) is 0 Å².